The summed E-state index contributed by atoms with van der Waals surface area (Å²) in [6.45, 7) is 7.19. The number of hydrogen-bond acceptors (Lipinski definition) is 3. The molecule has 194 valence electrons. The SMILES string of the molecule is [2H]c1c(-c2c([2H])c([2H])c3c4c([2H])c([2H])c([2H])c([2H])c4c4c([2H])c([2H])c([2H])c([2H])c4c3c2[2H])c([2H])c2c(sc3c([2H])c(B4OC(C)(C)C(C)(C)O4)c([2H])c([2H])c32)c1[2H]. The molecule has 40 heavy (non-hydrogen) atoms. The van der Waals surface area contributed by atoms with Crippen molar-refractivity contribution in [2.24, 2.45) is 0 Å². The smallest absolute Gasteiger partial charge is 0.399 e. The van der Waals surface area contributed by atoms with E-state index in [4.69, 9.17) is 25.8 Å². The molecule has 1 aromatic heterocycles. The summed E-state index contributed by atoms with van der Waals surface area (Å²) in [5.41, 5.74) is -2.73. The summed E-state index contributed by atoms with van der Waals surface area (Å²) in [7, 11) is -1.19. The minimum Gasteiger partial charge on any atom is -0.399 e. The van der Waals surface area contributed by atoms with Crippen LogP contribution >= 0.6 is 11.3 Å². The van der Waals surface area contributed by atoms with Crippen molar-refractivity contribution in [1.82, 2.24) is 0 Å². The molecule has 8 rings (SSSR count). The van der Waals surface area contributed by atoms with Crippen LogP contribution < -0.4 is 5.46 Å². The number of rotatable bonds is 2. The zero-order valence-corrected chi connectivity index (χ0v) is 22.6. The molecule has 1 aliphatic rings. The van der Waals surface area contributed by atoms with E-state index in [9.17, 15) is 6.85 Å². The molecule has 2 heterocycles. The van der Waals surface area contributed by atoms with E-state index in [0.29, 0.717) is 0 Å². The Morgan fingerprint density at radius 1 is 0.525 bits per heavy atom. The summed E-state index contributed by atoms with van der Waals surface area (Å²) >= 11 is 0.856. The van der Waals surface area contributed by atoms with Crippen LogP contribution in [0.15, 0.2) is 103 Å². The van der Waals surface area contributed by atoms with Crippen molar-refractivity contribution in [3.05, 3.63) is 103 Å². The number of thiophene rings is 1. The standard InChI is InChI=1S/C36H29BO2S/c1-35(2)36(3,4)39-37(38-35)24-15-17-30-32-20-23(14-18-33(32)40-34(30)21-24)22-13-16-29-27-11-6-5-9-25(27)26-10-7-8-12-28(26)31(29)19-22/h5-21H,1-4H3/i5D,6D,7D,8D,9D,10D,11D,12D,13D,14D,15D,16D,17D,18D,19D,20D,21D. The molecule has 2 nitrogen and oxygen atoms in total. The van der Waals surface area contributed by atoms with Crippen LogP contribution in [0.2, 0.25) is 0 Å². The van der Waals surface area contributed by atoms with Crippen molar-refractivity contribution in [2.45, 2.75) is 38.9 Å². The first kappa shape index (κ1) is 12.4. The normalized spacial score (nSPS) is 22.6. The van der Waals surface area contributed by atoms with Gasteiger partial charge in [-0.25, -0.2) is 0 Å². The molecule has 0 amide bonds. The predicted octanol–water partition coefficient (Wildman–Crippen LogP) is 9.48. The van der Waals surface area contributed by atoms with Gasteiger partial charge in [0, 0.05) is 20.2 Å². The van der Waals surface area contributed by atoms with Crippen LogP contribution in [0.1, 0.15) is 51.0 Å². The highest BCUT2D eigenvalue weighted by atomic mass is 32.1. The van der Waals surface area contributed by atoms with Gasteiger partial charge in [-0.05, 0) is 101 Å². The Bertz CT molecular complexity index is 3010. The lowest BCUT2D eigenvalue weighted by Crippen LogP contribution is -2.41. The molecule has 0 spiro atoms. The third kappa shape index (κ3) is 3.50. The van der Waals surface area contributed by atoms with Gasteiger partial charge in [-0.3, -0.25) is 0 Å². The number of hydrogen-bond donors (Lipinski definition) is 0. The maximum atomic E-state index is 9.58. The summed E-state index contributed by atoms with van der Waals surface area (Å²) in [6.07, 6.45) is 0. The quantitative estimate of drug-likeness (QED) is 0.157. The first-order valence-corrected chi connectivity index (χ1v) is 13.4. The topological polar surface area (TPSA) is 18.5 Å². The summed E-state index contributed by atoms with van der Waals surface area (Å²) in [6, 6.07) is -10.6. The molecule has 0 unspecified atom stereocenters. The van der Waals surface area contributed by atoms with Crippen LogP contribution in [0, 0.1) is 0 Å². The first-order chi connectivity index (χ1) is 26.4. The maximum Gasteiger partial charge on any atom is 0.494 e. The Labute approximate surface area is 262 Å². The molecule has 7 aromatic rings. The average Bonchev–Trinajstić information content (AvgIpc) is 3.66. The zero-order chi connectivity index (χ0) is 42.0. The van der Waals surface area contributed by atoms with E-state index in [-0.39, 0.29) is 64.0 Å². The van der Waals surface area contributed by atoms with Gasteiger partial charge in [0.05, 0.1) is 34.5 Å². The monoisotopic (exact) mass is 553 g/mol. The highest BCUT2D eigenvalue weighted by molar-refractivity contribution is 7.25. The number of benzene rings is 6. The second-order valence-corrected chi connectivity index (χ2v) is 11.7. The zero-order valence-electron chi connectivity index (χ0n) is 38.8. The van der Waals surface area contributed by atoms with Crippen molar-refractivity contribution in [1.29, 1.82) is 0 Å². The van der Waals surface area contributed by atoms with Gasteiger partial charge in [-0.1, -0.05) is 78.6 Å². The molecule has 0 bridgehead atoms. The van der Waals surface area contributed by atoms with E-state index in [1.54, 1.807) is 27.7 Å². The lowest BCUT2D eigenvalue weighted by atomic mass is 9.79. The highest BCUT2D eigenvalue weighted by Crippen LogP contribution is 2.41. The Morgan fingerprint density at radius 3 is 1.65 bits per heavy atom. The Balaban J connectivity index is 1.55. The molecule has 0 atom stereocenters. The van der Waals surface area contributed by atoms with Crippen molar-refractivity contribution >= 4 is 76.4 Å². The minimum atomic E-state index is -1.19. The lowest BCUT2D eigenvalue weighted by Gasteiger charge is -2.32. The van der Waals surface area contributed by atoms with Crippen LogP contribution in [0.3, 0.4) is 0 Å². The second-order valence-electron chi connectivity index (χ2n) is 10.6. The minimum absolute atomic E-state index is 0.0164. The van der Waals surface area contributed by atoms with E-state index in [1.165, 1.54) is 0 Å². The molecule has 0 aliphatic carbocycles. The molecule has 1 fully saturated rings. The van der Waals surface area contributed by atoms with Crippen molar-refractivity contribution in [2.75, 3.05) is 0 Å². The lowest BCUT2D eigenvalue weighted by molar-refractivity contribution is 0.00578. The van der Waals surface area contributed by atoms with Gasteiger partial charge >= 0.3 is 7.12 Å². The van der Waals surface area contributed by atoms with Crippen molar-refractivity contribution in [3.8, 4) is 11.1 Å². The number of fused-ring (bicyclic) bond motifs is 9. The highest BCUT2D eigenvalue weighted by Gasteiger charge is 2.51. The fourth-order valence-corrected chi connectivity index (χ4v) is 5.87. The first-order valence-electron chi connectivity index (χ1n) is 21.1. The molecule has 1 aliphatic heterocycles. The molecular formula is C36H29BO2S. The summed E-state index contributed by atoms with van der Waals surface area (Å²) in [5.74, 6) is 0. The third-order valence-corrected chi connectivity index (χ3v) is 8.73. The van der Waals surface area contributed by atoms with E-state index in [1.807, 2.05) is 0 Å². The third-order valence-electron chi connectivity index (χ3n) is 7.71. The predicted molar refractivity (Wildman–Crippen MR) is 173 cm³/mol. The molecular weight excluding hydrogens is 507 g/mol. The van der Waals surface area contributed by atoms with E-state index in [0.717, 1.165) is 11.3 Å². The van der Waals surface area contributed by atoms with Gasteiger partial charge in [0.15, 0.2) is 0 Å². The van der Waals surface area contributed by atoms with Crippen molar-refractivity contribution in [3.63, 3.8) is 0 Å². The molecule has 4 heteroatoms. The molecule has 0 radical (unpaired) electrons. The fourth-order valence-electron chi connectivity index (χ4n) is 4.89. The Hall–Kier alpha value is -3.70. The average molecular weight is 554 g/mol. The van der Waals surface area contributed by atoms with Gasteiger partial charge < -0.3 is 9.31 Å². The maximum absolute atomic E-state index is 9.58. The fraction of sp³-hybridized carbons (Fsp3) is 0.167. The van der Waals surface area contributed by atoms with E-state index >= 15 is 0 Å². The largest absolute Gasteiger partial charge is 0.494 e. The van der Waals surface area contributed by atoms with Crippen LogP contribution in [0.4, 0.5) is 0 Å². The van der Waals surface area contributed by atoms with E-state index in [2.05, 4.69) is 0 Å². The van der Waals surface area contributed by atoms with Gasteiger partial charge in [0.1, 0.15) is 0 Å². The van der Waals surface area contributed by atoms with Crippen LogP contribution in [0.25, 0.3) is 63.6 Å². The summed E-state index contributed by atoms with van der Waals surface area (Å²) < 4.78 is 164. The summed E-state index contributed by atoms with van der Waals surface area (Å²) in [4.78, 5) is 0. The van der Waals surface area contributed by atoms with Crippen LogP contribution in [-0.2, 0) is 9.31 Å². The van der Waals surface area contributed by atoms with Crippen LogP contribution in [0.5, 0.6) is 0 Å². The molecule has 6 aromatic carbocycles. The molecule has 0 N–H and O–H groups in total. The van der Waals surface area contributed by atoms with Gasteiger partial charge in [-0.2, -0.15) is 0 Å². The van der Waals surface area contributed by atoms with Gasteiger partial charge in [-0.15, -0.1) is 11.3 Å². The van der Waals surface area contributed by atoms with Crippen LogP contribution in [-0.4, -0.2) is 18.3 Å². The molecule has 1 saturated heterocycles. The summed E-state index contributed by atoms with van der Waals surface area (Å²) in [5, 5.41) is -2.35. The van der Waals surface area contributed by atoms with E-state index < -0.39 is 126 Å². The van der Waals surface area contributed by atoms with Crippen molar-refractivity contribution < 1.29 is 32.6 Å². The van der Waals surface area contributed by atoms with Gasteiger partial charge in [0.2, 0.25) is 0 Å². The Kier molecular flexibility index (Phi) is 2.61. The molecule has 0 saturated carbocycles. The Morgan fingerprint density at radius 2 is 1.02 bits per heavy atom. The van der Waals surface area contributed by atoms with Gasteiger partial charge in [0.25, 0.3) is 0 Å². The second kappa shape index (κ2) is 8.41.